The van der Waals surface area contributed by atoms with Gasteiger partial charge in [-0.25, -0.2) is 4.98 Å². The topological polar surface area (TPSA) is 46.1 Å². The monoisotopic (exact) mass is 289 g/mol. The molecule has 1 amide bonds. The van der Waals surface area contributed by atoms with Gasteiger partial charge >= 0.3 is 0 Å². The van der Waals surface area contributed by atoms with Crippen LogP contribution >= 0.6 is 11.6 Å². The van der Waals surface area contributed by atoms with Crippen molar-refractivity contribution in [3.8, 4) is 0 Å². The second kappa shape index (κ2) is 6.48. The van der Waals surface area contributed by atoms with Crippen LogP contribution < -0.4 is 0 Å². The van der Waals surface area contributed by atoms with E-state index in [0.29, 0.717) is 17.3 Å². The summed E-state index contributed by atoms with van der Waals surface area (Å²) in [5.74, 6) is -0.0687. The molecule has 2 aromatic rings. The van der Waals surface area contributed by atoms with Crippen LogP contribution in [0.15, 0.2) is 36.7 Å². The van der Waals surface area contributed by atoms with Crippen LogP contribution in [0.25, 0.3) is 0 Å². The van der Waals surface area contributed by atoms with Gasteiger partial charge < -0.3 is 4.90 Å². The zero-order chi connectivity index (χ0) is 14.5. The Morgan fingerprint density at radius 3 is 2.65 bits per heavy atom. The van der Waals surface area contributed by atoms with E-state index in [4.69, 9.17) is 11.6 Å². The van der Waals surface area contributed by atoms with Crippen molar-refractivity contribution in [2.24, 2.45) is 0 Å². The van der Waals surface area contributed by atoms with E-state index in [9.17, 15) is 4.79 Å². The van der Waals surface area contributed by atoms with E-state index in [-0.39, 0.29) is 5.91 Å². The molecule has 2 rings (SSSR count). The Hall–Kier alpha value is -1.94. The highest BCUT2D eigenvalue weighted by atomic mass is 35.5. The number of nitrogens with zero attached hydrogens (tertiary/aromatic N) is 3. The normalized spacial score (nSPS) is 10.3. The van der Waals surface area contributed by atoms with E-state index in [1.807, 2.05) is 19.1 Å². The molecule has 2 heterocycles. The summed E-state index contributed by atoms with van der Waals surface area (Å²) in [4.78, 5) is 22.2. The summed E-state index contributed by atoms with van der Waals surface area (Å²) < 4.78 is 0. The number of hydrogen-bond donors (Lipinski definition) is 0. The Balaban J connectivity index is 2.16. The van der Waals surface area contributed by atoms with E-state index in [2.05, 4.69) is 9.97 Å². The molecule has 0 spiro atoms. The largest absolute Gasteiger partial charge is 0.337 e. The van der Waals surface area contributed by atoms with E-state index < -0.39 is 0 Å². The van der Waals surface area contributed by atoms with E-state index in [0.717, 1.165) is 17.7 Å². The number of hydrogen-bond acceptors (Lipinski definition) is 3. The number of aryl methyl sites for hydroxylation is 1. The van der Waals surface area contributed by atoms with Gasteiger partial charge in [-0.15, -0.1) is 0 Å². The molecule has 20 heavy (non-hydrogen) atoms. The fourth-order valence-electron chi connectivity index (χ4n) is 1.91. The van der Waals surface area contributed by atoms with Gasteiger partial charge in [0.1, 0.15) is 5.15 Å². The van der Waals surface area contributed by atoms with Crippen LogP contribution in [-0.4, -0.2) is 27.8 Å². The predicted octanol–water partition coefficient (Wildman–Crippen LogP) is 2.96. The predicted molar refractivity (Wildman–Crippen MR) is 78.7 cm³/mol. The highest BCUT2D eigenvalue weighted by molar-refractivity contribution is 6.29. The highest BCUT2D eigenvalue weighted by Gasteiger charge is 2.14. The standard InChI is InChI=1S/C15H16ClN3O/c1-3-13-8-12(9-14(16)18-13)15(20)19(2)10-11-4-6-17-7-5-11/h4-9H,3,10H2,1-2H3. The number of pyridine rings is 2. The Bertz CT molecular complexity index is 601. The second-order valence-corrected chi connectivity index (χ2v) is 4.93. The average Bonchev–Trinajstić information content (AvgIpc) is 2.46. The van der Waals surface area contributed by atoms with Crippen LogP contribution in [0.5, 0.6) is 0 Å². The first-order valence-electron chi connectivity index (χ1n) is 6.41. The number of carbonyl (C=O) groups excluding carboxylic acids is 1. The van der Waals surface area contributed by atoms with Crippen molar-refractivity contribution < 1.29 is 4.79 Å². The summed E-state index contributed by atoms with van der Waals surface area (Å²) in [5, 5.41) is 0.352. The smallest absolute Gasteiger partial charge is 0.254 e. The molecule has 0 N–H and O–H groups in total. The summed E-state index contributed by atoms with van der Waals surface area (Å²) in [6.07, 6.45) is 4.17. The molecule has 0 aliphatic heterocycles. The summed E-state index contributed by atoms with van der Waals surface area (Å²) in [6.45, 7) is 2.51. The molecule has 5 heteroatoms. The average molecular weight is 290 g/mol. The van der Waals surface area contributed by atoms with E-state index in [1.54, 1.807) is 36.5 Å². The molecule has 0 radical (unpaired) electrons. The molecule has 0 aromatic carbocycles. The van der Waals surface area contributed by atoms with Gasteiger partial charge in [0.05, 0.1) is 0 Å². The lowest BCUT2D eigenvalue weighted by molar-refractivity contribution is 0.0785. The third-order valence-corrected chi connectivity index (χ3v) is 3.17. The van der Waals surface area contributed by atoms with Crippen LogP contribution in [0.3, 0.4) is 0 Å². The molecule has 0 fully saturated rings. The minimum Gasteiger partial charge on any atom is -0.337 e. The molecular weight excluding hydrogens is 274 g/mol. The number of halogens is 1. The van der Waals surface area contributed by atoms with Crippen LogP contribution in [0.4, 0.5) is 0 Å². The molecule has 0 saturated carbocycles. The maximum absolute atomic E-state index is 12.4. The van der Waals surface area contributed by atoms with Gasteiger partial charge in [-0.1, -0.05) is 18.5 Å². The number of rotatable bonds is 4. The minimum atomic E-state index is -0.0687. The first-order valence-corrected chi connectivity index (χ1v) is 6.78. The van der Waals surface area contributed by atoms with Crippen molar-refractivity contribution in [3.63, 3.8) is 0 Å². The van der Waals surface area contributed by atoms with Crippen LogP contribution in [0.2, 0.25) is 5.15 Å². The molecule has 104 valence electrons. The van der Waals surface area contributed by atoms with Crippen LogP contribution in [0, 0.1) is 0 Å². The van der Waals surface area contributed by atoms with E-state index >= 15 is 0 Å². The lowest BCUT2D eigenvalue weighted by Gasteiger charge is -2.17. The van der Waals surface area contributed by atoms with Gasteiger partial charge in [0.25, 0.3) is 5.91 Å². The third-order valence-electron chi connectivity index (χ3n) is 2.97. The van der Waals surface area contributed by atoms with Gasteiger partial charge in [-0.3, -0.25) is 9.78 Å². The summed E-state index contributed by atoms with van der Waals surface area (Å²) in [7, 11) is 1.77. The Kier molecular flexibility index (Phi) is 4.69. The SMILES string of the molecule is CCc1cc(C(=O)N(C)Cc2ccncc2)cc(Cl)n1. The zero-order valence-electron chi connectivity index (χ0n) is 11.5. The van der Waals surface area contributed by atoms with Gasteiger partial charge in [-0.2, -0.15) is 0 Å². The maximum atomic E-state index is 12.4. The number of carbonyl (C=O) groups is 1. The maximum Gasteiger partial charge on any atom is 0.254 e. The van der Waals surface area contributed by atoms with Gasteiger partial charge in [0.15, 0.2) is 0 Å². The second-order valence-electron chi connectivity index (χ2n) is 4.54. The third kappa shape index (κ3) is 3.54. The van der Waals surface area contributed by atoms with Gasteiger partial charge in [0.2, 0.25) is 0 Å². The minimum absolute atomic E-state index is 0.0687. The fraction of sp³-hybridized carbons (Fsp3) is 0.267. The molecule has 0 unspecified atom stereocenters. The fourth-order valence-corrected chi connectivity index (χ4v) is 2.14. The van der Waals surface area contributed by atoms with Gasteiger partial charge in [0, 0.05) is 37.2 Å². The van der Waals surface area contributed by atoms with Crippen molar-refractivity contribution in [1.29, 1.82) is 0 Å². The van der Waals surface area contributed by atoms with E-state index in [1.165, 1.54) is 0 Å². The van der Waals surface area contributed by atoms with Crippen molar-refractivity contribution in [2.45, 2.75) is 19.9 Å². The summed E-state index contributed by atoms with van der Waals surface area (Å²) >= 11 is 5.95. The summed E-state index contributed by atoms with van der Waals surface area (Å²) in [5.41, 5.74) is 2.42. The molecular formula is C15H16ClN3O. The molecule has 4 nitrogen and oxygen atoms in total. The lowest BCUT2D eigenvalue weighted by Crippen LogP contribution is -2.26. The van der Waals surface area contributed by atoms with Crippen LogP contribution in [0.1, 0.15) is 28.5 Å². The quantitative estimate of drug-likeness (QED) is 0.813. The molecule has 0 aliphatic carbocycles. The molecule has 0 aliphatic rings. The first-order chi connectivity index (χ1) is 9.60. The number of aromatic nitrogens is 2. The van der Waals surface area contributed by atoms with Crippen molar-refractivity contribution >= 4 is 17.5 Å². The first kappa shape index (κ1) is 14.5. The Morgan fingerprint density at radius 1 is 1.30 bits per heavy atom. The lowest BCUT2D eigenvalue weighted by atomic mass is 10.1. The Morgan fingerprint density at radius 2 is 2.00 bits per heavy atom. The molecule has 0 atom stereocenters. The van der Waals surface area contributed by atoms with Crippen molar-refractivity contribution in [3.05, 3.63) is 58.6 Å². The zero-order valence-corrected chi connectivity index (χ0v) is 12.3. The van der Waals surface area contributed by atoms with Crippen molar-refractivity contribution in [2.75, 3.05) is 7.05 Å². The van der Waals surface area contributed by atoms with Gasteiger partial charge in [-0.05, 0) is 36.2 Å². The molecule has 0 bridgehead atoms. The summed E-state index contributed by atoms with van der Waals surface area (Å²) in [6, 6.07) is 7.17. The molecule has 2 aromatic heterocycles. The van der Waals surface area contributed by atoms with Crippen LogP contribution in [-0.2, 0) is 13.0 Å². The van der Waals surface area contributed by atoms with Crippen molar-refractivity contribution in [1.82, 2.24) is 14.9 Å². The number of amides is 1. The Labute approximate surface area is 123 Å². The molecule has 0 saturated heterocycles. The highest BCUT2D eigenvalue weighted by Crippen LogP contribution is 2.14.